The van der Waals surface area contributed by atoms with Gasteiger partial charge in [-0.3, -0.25) is 10.7 Å². The molecular formula is C21H22F3N5O5. The lowest BCUT2D eigenvalue weighted by Crippen LogP contribution is -2.20. The molecule has 0 aliphatic carbocycles. The molecule has 34 heavy (non-hydrogen) atoms. The van der Waals surface area contributed by atoms with Crippen LogP contribution in [0.1, 0.15) is 12.5 Å². The summed E-state index contributed by atoms with van der Waals surface area (Å²) in [6.45, 7) is 0.219. The van der Waals surface area contributed by atoms with Crippen molar-refractivity contribution < 1.29 is 37.8 Å². The second-order valence-corrected chi connectivity index (χ2v) is 6.62. The number of aliphatic imine (C=N–C) groups is 1. The highest BCUT2D eigenvalue weighted by atomic mass is 19.4. The number of nitrogens with zero attached hydrogens (tertiary/aromatic N) is 3. The first-order valence-corrected chi connectivity index (χ1v) is 9.61. The number of nitrogens with one attached hydrogen (secondary N) is 2. The molecule has 1 heterocycles. The van der Waals surface area contributed by atoms with Gasteiger partial charge in [0.15, 0.2) is 12.4 Å². The topological polar surface area (TPSA) is 138 Å². The number of halogens is 3. The Kier molecular flexibility index (Phi) is 9.38. The Labute approximate surface area is 192 Å². The maximum absolute atomic E-state index is 12.6. The number of hydrogen-bond acceptors (Lipinski definition) is 10. The molecule has 0 atom stereocenters. The smallest absolute Gasteiger partial charge is 0.422 e. The minimum absolute atomic E-state index is 0.00795. The van der Waals surface area contributed by atoms with Crippen molar-refractivity contribution in [2.24, 2.45) is 4.99 Å². The van der Waals surface area contributed by atoms with Gasteiger partial charge in [0.25, 0.3) is 0 Å². The van der Waals surface area contributed by atoms with Gasteiger partial charge >= 0.3 is 18.2 Å². The number of carbonyl (C=O) groups is 1. The number of hydroxylamine groups is 1. The van der Waals surface area contributed by atoms with Crippen LogP contribution in [0.25, 0.3) is 0 Å². The van der Waals surface area contributed by atoms with Crippen LogP contribution in [0, 0.1) is 0 Å². The van der Waals surface area contributed by atoms with Gasteiger partial charge in [-0.1, -0.05) is 12.1 Å². The summed E-state index contributed by atoms with van der Waals surface area (Å²) >= 11 is 0. The highest BCUT2D eigenvalue weighted by Gasteiger charge is 2.29. The van der Waals surface area contributed by atoms with Crippen molar-refractivity contribution in [1.82, 2.24) is 15.4 Å². The fourth-order valence-electron chi connectivity index (χ4n) is 2.37. The number of carbonyl (C=O) groups excluding carboxylic acids is 1. The molecule has 0 amide bonds. The highest BCUT2D eigenvalue weighted by Crippen LogP contribution is 2.22. The predicted molar refractivity (Wildman–Crippen MR) is 116 cm³/mol. The Hall–Kier alpha value is -4.13. The van der Waals surface area contributed by atoms with Crippen LogP contribution in [0.3, 0.4) is 0 Å². The third kappa shape index (κ3) is 9.16. The van der Waals surface area contributed by atoms with E-state index < -0.39 is 24.8 Å². The Morgan fingerprint density at radius 2 is 1.91 bits per heavy atom. The zero-order valence-corrected chi connectivity index (χ0v) is 18.1. The van der Waals surface area contributed by atoms with E-state index in [1.807, 2.05) is 0 Å². The lowest BCUT2D eigenvalue weighted by atomic mass is 10.2. The molecule has 0 saturated carbocycles. The van der Waals surface area contributed by atoms with E-state index in [9.17, 15) is 23.1 Å². The molecule has 1 aromatic heterocycles. The third-order valence-electron chi connectivity index (χ3n) is 3.90. The van der Waals surface area contributed by atoms with E-state index in [4.69, 9.17) is 5.21 Å². The van der Waals surface area contributed by atoms with Crippen LogP contribution in [-0.4, -0.2) is 51.9 Å². The fraction of sp³-hybridized carbons (Fsp3) is 0.238. The van der Waals surface area contributed by atoms with Gasteiger partial charge in [0.2, 0.25) is 0 Å². The maximum Gasteiger partial charge on any atom is 0.422 e. The Balaban J connectivity index is 2.28. The van der Waals surface area contributed by atoms with Gasteiger partial charge in [-0.05, 0) is 36.8 Å². The minimum Gasteiger partial charge on any atom is -0.508 e. The SMILES string of the molecule is COC(=O)C(C=CC(C)=Nc1cc(NCc2ccc(O)cc2)nc(OCC(F)(F)F)n1)=CNO. The molecular weight excluding hydrogens is 459 g/mol. The van der Waals surface area contributed by atoms with Crippen LogP contribution in [0.2, 0.25) is 0 Å². The number of aromatic hydroxyl groups is 1. The molecule has 0 saturated heterocycles. The Morgan fingerprint density at radius 3 is 2.53 bits per heavy atom. The van der Waals surface area contributed by atoms with E-state index in [0.29, 0.717) is 5.71 Å². The van der Waals surface area contributed by atoms with Crippen molar-refractivity contribution in [3.05, 3.63) is 59.8 Å². The van der Waals surface area contributed by atoms with Crippen molar-refractivity contribution >= 4 is 23.3 Å². The van der Waals surface area contributed by atoms with Crippen molar-refractivity contribution in [3.63, 3.8) is 0 Å². The van der Waals surface area contributed by atoms with Crippen molar-refractivity contribution in [2.75, 3.05) is 19.0 Å². The van der Waals surface area contributed by atoms with Gasteiger partial charge in [-0.15, -0.1) is 0 Å². The van der Waals surface area contributed by atoms with Crippen LogP contribution in [0.4, 0.5) is 24.8 Å². The number of anilines is 1. The Bertz CT molecular complexity index is 1070. The summed E-state index contributed by atoms with van der Waals surface area (Å²) in [5.41, 5.74) is 2.80. The molecule has 2 rings (SSSR count). The monoisotopic (exact) mass is 481 g/mol. The number of allylic oxidation sites excluding steroid dienone is 1. The maximum atomic E-state index is 12.6. The number of benzene rings is 1. The minimum atomic E-state index is -4.59. The van der Waals surface area contributed by atoms with Gasteiger partial charge in [0.1, 0.15) is 11.6 Å². The van der Waals surface area contributed by atoms with Crippen LogP contribution >= 0.6 is 0 Å². The van der Waals surface area contributed by atoms with Crippen LogP contribution in [0.15, 0.2) is 59.2 Å². The van der Waals surface area contributed by atoms with Gasteiger partial charge in [0, 0.05) is 24.5 Å². The number of phenols is 1. The van der Waals surface area contributed by atoms with E-state index in [2.05, 4.69) is 29.8 Å². The molecule has 0 spiro atoms. The van der Waals surface area contributed by atoms with Gasteiger partial charge < -0.3 is 19.9 Å². The number of rotatable bonds is 10. The first-order chi connectivity index (χ1) is 16.1. The zero-order valence-electron chi connectivity index (χ0n) is 18.1. The summed E-state index contributed by atoms with van der Waals surface area (Å²) in [6, 6.07) is 7.15. The quantitative estimate of drug-likeness (QED) is 0.132. The predicted octanol–water partition coefficient (Wildman–Crippen LogP) is 3.42. The number of phenolic OH excluding ortho intramolecular Hbond substituents is 1. The first kappa shape index (κ1) is 26.1. The van der Waals surface area contributed by atoms with E-state index in [1.165, 1.54) is 37.5 Å². The average molecular weight is 481 g/mol. The molecule has 182 valence electrons. The second-order valence-electron chi connectivity index (χ2n) is 6.62. The van der Waals surface area contributed by atoms with E-state index in [-0.39, 0.29) is 29.5 Å². The molecule has 0 bridgehead atoms. The van der Waals surface area contributed by atoms with E-state index in [1.54, 1.807) is 24.5 Å². The number of esters is 1. The van der Waals surface area contributed by atoms with Crippen molar-refractivity contribution in [3.8, 4) is 11.8 Å². The van der Waals surface area contributed by atoms with Crippen molar-refractivity contribution in [2.45, 2.75) is 19.6 Å². The lowest BCUT2D eigenvalue weighted by Gasteiger charge is -2.11. The molecule has 0 aliphatic rings. The first-order valence-electron chi connectivity index (χ1n) is 9.61. The van der Waals surface area contributed by atoms with Gasteiger partial charge in [-0.25, -0.2) is 9.79 Å². The summed E-state index contributed by atoms with van der Waals surface area (Å²) in [5.74, 6) is -0.494. The molecule has 0 aliphatic heterocycles. The number of methoxy groups -OCH3 is 1. The van der Waals surface area contributed by atoms with E-state index >= 15 is 0 Å². The molecule has 2 aromatic rings. The molecule has 0 radical (unpaired) electrons. The standard InChI is InChI=1S/C21H22F3N5O5/c1-13(3-6-15(11-26-32)19(31)33-2)27-18-9-17(25-10-14-4-7-16(30)8-5-14)28-20(29-18)34-12-21(22,23)24/h3-9,11,26,30,32H,10,12H2,1-2H3,(H,25,28,29). The number of alkyl halides is 3. The normalized spacial score (nSPS) is 12.5. The van der Waals surface area contributed by atoms with Crippen LogP contribution in [-0.2, 0) is 16.1 Å². The Morgan fingerprint density at radius 1 is 1.21 bits per heavy atom. The molecule has 0 unspecified atom stereocenters. The number of ether oxygens (including phenoxy) is 2. The number of aromatic nitrogens is 2. The molecule has 1 aromatic carbocycles. The van der Waals surface area contributed by atoms with Crippen LogP contribution < -0.4 is 15.5 Å². The molecule has 0 fully saturated rings. The third-order valence-corrected chi connectivity index (χ3v) is 3.90. The zero-order chi connectivity index (χ0) is 25.1. The van der Waals surface area contributed by atoms with E-state index in [0.717, 1.165) is 11.8 Å². The van der Waals surface area contributed by atoms with Gasteiger partial charge in [-0.2, -0.15) is 23.1 Å². The summed E-state index contributed by atoms with van der Waals surface area (Å²) in [6.07, 6.45) is -0.880. The fourth-order valence-corrected chi connectivity index (χ4v) is 2.37. The summed E-state index contributed by atoms with van der Waals surface area (Å²) in [4.78, 5) is 23.6. The molecule has 10 nitrogen and oxygen atoms in total. The highest BCUT2D eigenvalue weighted by molar-refractivity contribution is 5.98. The largest absolute Gasteiger partial charge is 0.508 e. The van der Waals surface area contributed by atoms with Crippen molar-refractivity contribution in [1.29, 1.82) is 0 Å². The molecule has 4 N–H and O–H groups in total. The number of hydrogen-bond donors (Lipinski definition) is 4. The van der Waals surface area contributed by atoms with Gasteiger partial charge in [0.05, 0.1) is 12.7 Å². The average Bonchev–Trinajstić information content (AvgIpc) is 2.79. The molecule has 13 heteroatoms. The summed E-state index contributed by atoms with van der Waals surface area (Å²) in [5, 5.41) is 21.1. The van der Waals surface area contributed by atoms with Crippen LogP contribution in [0.5, 0.6) is 11.8 Å². The summed E-state index contributed by atoms with van der Waals surface area (Å²) < 4.78 is 46.9. The second kappa shape index (κ2) is 12.2. The summed E-state index contributed by atoms with van der Waals surface area (Å²) in [7, 11) is 1.17. The lowest BCUT2D eigenvalue weighted by molar-refractivity contribution is -0.154.